The molecule has 2 aliphatic heterocycles. The third-order valence-electron chi connectivity index (χ3n) is 6.10. The number of aliphatic imine (C=N–C) groups is 1. The Labute approximate surface area is 205 Å². The van der Waals surface area contributed by atoms with Crippen molar-refractivity contribution in [2.45, 2.75) is 71.9 Å². The lowest BCUT2D eigenvalue weighted by atomic mass is 10.1. The van der Waals surface area contributed by atoms with Crippen LogP contribution in [-0.2, 0) is 22.6 Å². The number of nitrogens with zero attached hydrogens (tertiary/aromatic N) is 2. The molecule has 0 radical (unpaired) electrons. The van der Waals surface area contributed by atoms with Gasteiger partial charge in [0.25, 0.3) is 0 Å². The third-order valence-corrected chi connectivity index (χ3v) is 6.10. The first-order chi connectivity index (χ1) is 14.5. The van der Waals surface area contributed by atoms with Gasteiger partial charge in [-0.3, -0.25) is 4.90 Å². The number of guanidine groups is 1. The molecule has 2 atom stereocenters. The molecule has 7 heteroatoms. The molecular formula is C24H41IN4O2. The van der Waals surface area contributed by atoms with Gasteiger partial charge in [-0.1, -0.05) is 31.2 Å². The minimum atomic E-state index is 0. The van der Waals surface area contributed by atoms with Gasteiger partial charge in [-0.05, 0) is 50.7 Å². The predicted octanol–water partition coefficient (Wildman–Crippen LogP) is 3.78. The van der Waals surface area contributed by atoms with E-state index in [4.69, 9.17) is 14.5 Å². The molecule has 0 spiro atoms. The van der Waals surface area contributed by atoms with E-state index in [0.29, 0.717) is 37.3 Å². The summed E-state index contributed by atoms with van der Waals surface area (Å²) in [5.74, 6) is 1.52. The zero-order chi connectivity index (χ0) is 21.3. The fourth-order valence-corrected chi connectivity index (χ4v) is 4.15. The fraction of sp³-hybridized carbons (Fsp3) is 0.708. The minimum absolute atomic E-state index is 0. The molecule has 0 saturated carbocycles. The topological polar surface area (TPSA) is 58.1 Å². The second kappa shape index (κ2) is 13.6. The Balaban J connectivity index is 0.00000341. The van der Waals surface area contributed by atoms with Gasteiger partial charge in [0.05, 0.1) is 19.3 Å². The largest absolute Gasteiger partial charge is 0.381 e. The van der Waals surface area contributed by atoms with E-state index in [1.807, 2.05) is 0 Å². The monoisotopic (exact) mass is 544 g/mol. The zero-order valence-electron chi connectivity index (χ0n) is 19.6. The van der Waals surface area contributed by atoms with Crippen LogP contribution >= 0.6 is 24.0 Å². The van der Waals surface area contributed by atoms with E-state index >= 15 is 0 Å². The number of rotatable bonds is 8. The lowest BCUT2D eigenvalue weighted by Crippen LogP contribution is -2.46. The van der Waals surface area contributed by atoms with Gasteiger partial charge in [-0.2, -0.15) is 0 Å². The van der Waals surface area contributed by atoms with Crippen molar-refractivity contribution < 1.29 is 9.47 Å². The van der Waals surface area contributed by atoms with E-state index in [1.165, 1.54) is 11.1 Å². The van der Waals surface area contributed by atoms with Gasteiger partial charge in [-0.15, -0.1) is 24.0 Å². The Hall–Kier alpha value is -0.900. The van der Waals surface area contributed by atoms with E-state index < -0.39 is 0 Å². The molecule has 2 fully saturated rings. The van der Waals surface area contributed by atoms with Crippen LogP contribution in [0.2, 0.25) is 0 Å². The second-order valence-corrected chi connectivity index (χ2v) is 8.91. The smallest absolute Gasteiger partial charge is 0.191 e. The number of ether oxygens (including phenoxy) is 2. The van der Waals surface area contributed by atoms with Gasteiger partial charge < -0.3 is 20.1 Å². The van der Waals surface area contributed by atoms with Crippen LogP contribution in [0.15, 0.2) is 29.3 Å². The van der Waals surface area contributed by atoms with Crippen molar-refractivity contribution in [3.63, 3.8) is 0 Å². The van der Waals surface area contributed by atoms with Gasteiger partial charge in [0.2, 0.25) is 0 Å². The highest BCUT2D eigenvalue weighted by atomic mass is 127. The van der Waals surface area contributed by atoms with Crippen LogP contribution in [0.5, 0.6) is 0 Å². The molecule has 3 rings (SSSR count). The fourth-order valence-electron chi connectivity index (χ4n) is 4.15. The van der Waals surface area contributed by atoms with Crippen LogP contribution in [0, 0.1) is 5.92 Å². The molecular weight excluding hydrogens is 503 g/mol. The van der Waals surface area contributed by atoms with Crippen LogP contribution < -0.4 is 10.6 Å². The molecule has 1 aromatic carbocycles. The summed E-state index contributed by atoms with van der Waals surface area (Å²) in [4.78, 5) is 7.40. The molecule has 31 heavy (non-hydrogen) atoms. The molecule has 6 nitrogen and oxygen atoms in total. The lowest BCUT2D eigenvalue weighted by molar-refractivity contribution is -0.0390. The molecule has 2 heterocycles. The number of hydrogen-bond acceptors (Lipinski definition) is 4. The average molecular weight is 545 g/mol. The summed E-state index contributed by atoms with van der Waals surface area (Å²) in [6.45, 7) is 15.0. The van der Waals surface area contributed by atoms with E-state index in [1.54, 1.807) is 0 Å². The van der Waals surface area contributed by atoms with Gasteiger partial charge in [0.15, 0.2) is 5.96 Å². The molecule has 1 aromatic rings. The molecule has 0 amide bonds. The summed E-state index contributed by atoms with van der Waals surface area (Å²) in [6.07, 6.45) is 2.31. The number of benzene rings is 1. The maximum Gasteiger partial charge on any atom is 0.191 e. The van der Waals surface area contributed by atoms with Crippen molar-refractivity contribution >= 4 is 29.9 Å². The lowest BCUT2D eigenvalue weighted by Gasteiger charge is -2.22. The highest BCUT2D eigenvalue weighted by Crippen LogP contribution is 2.19. The molecule has 176 valence electrons. The van der Waals surface area contributed by atoms with Crippen molar-refractivity contribution in [2.75, 3.05) is 32.8 Å². The van der Waals surface area contributed by atoms with Crippen LogP contribution in [0.25, 0.3) is 0 Å². The third kappa shape index (κ3) is 8.51. The SMILES string of the molecule is CCNC(=NCc1cccc(COC2CCOCC2)c1)NC1CN(C(C)C)CC1C.I. The molecule has 2 N–H and O–H groups in total. The van der Waals surface area contributed by atoms with Crippen molar-refractivity contribution in [3.05, 3.63) is 35.4 Å². The quantitative estimate of drug-likeness (QED) is 0.297. The van der Waals surface area contributed by atoms with E-state index in [-0.39, 0.29) is 24.0 Å². The Kier molecular flexibility index (Phi) is 11.6. The second-order valence-electron chi connectivity index (χ2n) is 8.91. The van der Waals surface area contributed by atoms with Crippen molar-refractivity contribution in [1.82, 2.24) is 15.5 Å². The van der Waals surface area contributed by atoms with E-state index in [2.05, 4.69) is 67.5 Å². The molecule has 2 saturated heterocycles. The highest BCUT2D eigenvalue weighted by Gasteiger charge is 2.31. The summed E-state index contributed by atoms with van der Waals surface area (Å²) < 4.78 is 11.5. The van der Waals surface area contributed by atoms with Crippen LogP contribution in [0.3, 0.4) is 0 Å². The highest BCUT2D eigenvalue weighted by molar-refractivity contribution is 14.0. The Morgan fingerprint density at radius 2 is 1.97 bits per heavy atom. The normalized spacial score (nSPS) is 23.1. The van der Waals surface area contributed by atoms with Crippen molar-refractivity contribution in [1.29, 1.82) is 0 Å². The first-order valence-electron chi connectivity index (χ1n) is 11.6. The van der Waals surface area contributed by atoms with Crippen molar-refractivity contribution in [2.24, 2.45) is 10.9 Å². The first kappa shape index (κ1) is 26.4. The Bertz CT molecular complexity index is 679. The van der Waals surface area contributed by atoms with Crippen LogP contribution in [0.4, 0.5) is 0 Å². The first-order valence-corrected chi connectivity index (χ1v) is 11.6. The zero-order valence-corrected chi connectivity index (χ0v) is 21.9. The molecule has 0 aromatic heterocycles. The number of nitrogens with one attached hydrogen (secondary N) is 2. The van der Waals surface area contributed by atoms with Crippen molar-refractivity contribution in [3.8, 4) is 0 Å². The molecule has 0 aliphatic carbocycles. The maximum absolute atomic E-state index is 6.07. The average Bonchev–Trinajstić information content (AvgIpc) is 3.12. The van der Waals surface area contributed by atoms with E-state index in [9.17, 15) is 0 Å². The molecule has 2 aliphatic rings. The number of likely N-dealkylation sites (tertiary alicyclic amines) is 1. The summed E-state index contributed by atoms with van der Waals surface area (Å²) >= 11 is 0. The Morgan fingerprint density at radius 3 is 2.65 bits per heavy atom. The molecule has 0 bridgehead atoms. The summed E-state index contributed by atoms with van der Waals surface area (Å²) in [6, 6.07) is 9.62. The standard InChI is InChI=1S/C24H40N4O2.HI/c1-5-25-24(27-23-16-28(18(2)3)15-19(23)4)26-14-20-7-6-8-21(13-20)17-30-22-9-11-29-12-10-22;/h6-8,13,18-19,22-23H,5,9-12,14-17H2,1-4H3,(H2,25,26,27);1H. The Morgan fingerprint density at radius 1 is 1.23 bits per heavy atom. The number of halogens is 1. The van der Waals surface area contributed by atoms with Gasteiger partial charge >= 0.3 is 0 Å². The predicted molar refractivity (Wildman–Crippen MR) is 138 cm³/mol. The summed E-state index contributed by atoms with van der Waals surface area (Å²) in [7, 11) is 0. The number of hydrogen-bond donors (Lipinski definition) is 2. The van der Waals surface area contributed by atoms with Gasteiger partial charge in [0.1, 0.15) is 0 Å². The minimum Gasteiger partial charge on any atom is -0.381 e. The maximum atomic E-state index is 6.07. The summed E-state index contributed by atoms with van der Waals surface area (Å²) in [5.41, 5.74) is 2.42. The molecule has 2 unspecified atom stereocenters. The van der Waals surface area contributed by atoms with Gasteiger partial charge in [-0.25, -0.2) is 4.99 Å². The van der Waals surface area contributed by atoms with Crippen LogP contribution in [0.1, 0.15) is 51.7 Å². The van der Waals surface area contributed by atoms with E-state index in [0.717, 1.165) is 51.6 Å². The van der Waals surface area contributed by atoms with Crippen LogP contribution in [-0.4, -0.2) is 61.9 Å². The van der Waals surface area contributed by atoms with Gasteiger partial charge in [0, 0.05) is 44.9 Å². The summed E-state index contributed by atoms with van der Waals surface area (Å²) in [5, 5.41) is 7.08.